The van der Waals surface area contributed by atoms with Gasteiger partial charge in [-0.15, -0.1) is 0 Å². The van der Waals surface area contributed by atoms with Crippen molar-refractivity contribution in [2.45, 2.75) is 32.6 Å². The first-order chi connectivity index (χ1) is 8.24. The van der Waals surface area contributed by atoms with Gasteiger partial charge in [-0.1, -0.05) is 41.7 Å². The monoisotopic (exact) mass is 260 g/mol. The summed E-state index contributed by atoms with van der Waals surface area (Å²) in [5.74, 6) is 0. The summed E-state index contributed by atoms with van der Waals surface area (Å²) in [5.41, 5.74) is 0.983. The van der Waals surface area contributed by atoms with Crippen molar-refractivity contribution in [1.29, 1.82) is 0 Å². The van der Waals surface area contributed by atoms with E-state index in [1.54, 1.807) is 30.4 Å². The van der Waals surface area contributed by atoms with Gasteiger partial charge in [0.05, 0.1) is 6.10 Å². The van der Waals surface area contributed by atoms with Crippen LogP contribution in [0.4, 0.5) is 0 Å². The topological polar surface area (TPSA) is 20.2 Å². The molecule has 0 aromatic heterocycles. The van der Waals surface area contributed by atoms with Gasteiger partial charge >= 0.3 is 0 Å². The van der Waals surface area contributed by atoms with Gasteiger partial charge in [-0.2, -0.15) is 0 Å². The van der Waals surface area contributed by atoms with Crippen LogP contribution >= 0.6 is 23.5 Å². The second-order valence-corrected chi connectivity index (χ2v) is 6.20. The third kappa shape index (κ3) is 2.10. The van der Waals surface area contributed by atoms with Crippen molar-refractivity contribution in [3.63, 3.8) is 0 Å². The maximum atomic E-state index is 9.60. The zero-order chi connectivity index (χ0) is 11.8. The largest absolute Gasteiger partial charge is 0.389 e. The maximum absolute atomic E-state index is 9.60. The highest BCUT2D eigenvalue weighted by molar-refractivity contribution is 8.05. The Hall–Kier alpha value is -0.900. The quantitative estimate of drug-likeness (QED) is 0.702. The third-order valence-electron chi connectivity index (χ3n) is 2.74. The first kappa shape index (κ1) is 11.2. The lowest BCUT2D eigenvalue weighted by atomic mass is 10.1. The molecule has 0 spiro atoms. The molecule has 1 unspecified atom stereocenters. The number of hydrogen-bond acceptors (Lipinski definition) is 3. The molecular weight excluding hydrogens is 248 g/mol. The van der Waals surface area contributed by atoms with Gasteiger partial charge in [-0.3, -0.25) is 0 Å². The highest BCUT2D eigenvalue weighted by Gasteiger charge is 2.17. The van der Waals surface area contributed by atoms with Crippen LogP contribution in [-0.2, 0) is 0 Å². The Kier molecular flexibility index (Phi) is 2.90. The fraction of sp³-hybridized carbons (Fsp3) is 0.143. The molecule has 1 atom stereocenters. The first-order valence-electron chi connectivity index (χ1n) is 5.51. The molecule has 1 N–H and O–H groups in total. The molecule has 0 saturated heterocycles. The lowest BCUT2D eigenvalue weighted by molar-refractivity contribution is 0.199. The Bertz CT molecular complexity index is 564. The minimum absolute atomic E-state index is 0.400. The smallest absolute Gasteiger partial charge is 0.0762 e. The molecule has 1 aliphatic rings. The molecule has 0 radical (unpaired) electrons. The van der Waals surface area contributed by atoms with E-state index in [0.717, 1.165) is 5.56 Å². The molecule has 3 heteroatoms. The van der Waals surface area contributed by atoms with Crippen LogP contribution in [0.3, 0.4) is 0 Å². The van der Waals surface area contributed by atoms with E-state index in [0.29, 0.717) is 0 Å². The zero-order valence-electron chi connectivity index (χ0n) is 9.38. The molecule has 1 heterocycles. The molecule has 17 heavy (non-hydrogen) atoms. The van der Waals surface area contributed by atoms with Crippen molar-refractivity contribution in [2.24, 2.45) is 0 Å². The van der Waals surface area contributed by atoms with Crippen LogP contribution in [0.25, 0.3) is 0 Å². The minimum atomic E-state index is -0.400. The standard InChI is InChI=1S/C14H12OS2/c1-9(15)10-6-7-13-14(8-10)17-12-5-3-2-4-11(12)16-13/h2-9,15H,1H3. The number of benzene rings is 2. The predicted octanol–water partition coefficient (Wildman–Crippen LogP) is 4.36. The van der Waals surface area contributed by atoms with Crippen LogP contribution in [0.1, 0.15) is 18.6 Å². The number of hydrogen-bond donors (Lipinski definition) is 1. The van der Waals surface area contributed by atoms with Gasteiger partial charge in [0.2, 0.25) is 0 Å². The zero-order valence-corrected chi connectivity index (χ0v) is 11.0. The summed E-state index contributed by atoms with van der Waals surface area (Å²) < 4.78 is 0. The molecule has 1 nitrogen and oxygen atoms in total. The maximum Gasteiger partial charge on any atom is 0.0762 e. The van der Waals surface area contributed by atoms with Gasteiger partial charge in [-0.25, -0.2) is 0 Å². The minimum Gasteiger partial charge on any atom is -0.389 e. The van der Waals surface area contributed by atoms with Crippen molar-refractivity contribution in [1.82, 2.24) is 0 Å². The number of aliphatic hydroxyl groups is 1. The summed E-state index contributed by atoms with van der Waals surface area (Å²) in [6.45, 7) is 1.80. The van der Waals surface area contributed by atoms with Gasteiger partial charge < -0.3 is 5.11 Å². The summed E-state index contributed by atoms with van der Waals surface area (Å²) in [6, 6.07) is 14.6. The van der Waals surface area contributed by atoms with Crippen LogP contribution in [0.2, 0.25) is 0 Å². The highest BCUT2D eigenvalue weighted by atomic mass is 32.2. The first-order valence-corrected chi connectivity index (χ1v) is 7.14. The Morgan fingerprint density at radius 1 is 0.882 bits per heavy atom. The van der Waals surface area contributed by atoms with Gasteiger partial charge in [0.25, 0.3) is 0 Å². The van der Waals surface area contributed by atoms with Crippen molar-refractivity contribution in [3.05, 3.63) is 48.0 Å². The van der Waals surface area contributed by atoms with Gasteiger partial charge in [-0.05, 0) is 36.8 Å². The summed E-state index contributed by atoms with van der Waals surface area (Å²) >= 11 is 3.58. The lowest BCUT2D eigenvalue weighted by Gasteiger charge is -2.19. The molecule has 1 aliphatic heterocycles. The molecule has 0 aliphatic carbocycles. The Morgan fingerprint density at radius 2 is 1.47 bits per heavy atom. The summed E-state index contributed by atoms with van der Waals surface area (Å²) in [5, 5.41) is 9.60. The van der Waals surface area contributed by atoms with E-state index in [1.807, 2.05) is 6.07 Å². The average Bonchev–Trinajstić information content (AvgIpc) is 2.35. The molecular formula is C14H12OS2. The fourth-order valence-corrected chi connectivity index (χ4v) is 4.07. The molecule has 2 aromatic carbocycles. The van der Waals surface area contributed by atoms with Crippen LogP contribution in [0.5, 0.6) is 0 Å². The van der Waals surface area contributed by atoms with Crippen LogP contribution < -0.4 is 0 Å². The Morgan fingerprint density at radius 3 is 2.12 bits per heavy atom. The molecule has 0 fully saturated rings. The van der Waals surface area contributed by atoms with Crippen LogP contribution in [0.15, 0.2) is 62.0 Å². The van der Waals surface area contributed by atoms with Gasteiger partial charge in [0.15, 0.2) is 0 Å². The molecule has 0 amide bonds. The SMILES string of the molecule is CC(O)c1ccc2c(c1)Sc1ccccc1S2. The van der Waals surface area contributed by atoms with Crippen molar-refractivity contribution < 1.29 is 5.11 Å². The Labute approximate surface area is 109 Å². The lowest BCUT2D eigenvalue weighted by Crippen LogP contribution is -1.94. The van der Waals surface area contributed by atoms with Gasteiger partial charge in [0.1, 0.15) is 0 Å². The average molecular weight is 260 g/mol. The van der Waals surface area contributed by atoms with E-state index in [-0.39, 0.29) is 0 Å². The third-order valence-corrected chi connectivity index (χ3v) is 5.28. The van der Waals surface area contributed by atoms with Crippen molar-refractivity contribution in [2.75, 3.05) is 0 Å². The second kappa shape index (κ2) is 4.41. The molecule has 3 rings (SSSR count). The van der Waals surface area contributed by atoms with E-state index in [1.165, 1.54) is 19.6 Å². The molecule has 2 aromatic rings. The molecule has 0 saturated carbocycles. The Balaban J connectivity index is 2.03. The molecule has 0 bridgehead atoms. The van der Waals surface area contributed by atoms with Gasteiger partial charge in [0, 0.05) is 19.6 Å². The van der Waals surface area contributed by atoms with Crippen molar-refractivity contribution in [3.8, 4) is 0 Å². The molecule has 86 valence electrons. The normalized spacial score (nSPS) is 14.9. The van der Waals surface area contributed by atoms with E-state index < -0.39 is 6.10 Å². The fourth-order valence-electron chi connectivity index (χ4n) is 1.80. The highest BCUT2D eigenvalue weighted by Crippen LogP contribution is 2.48. The van der Waals surface area contributed by atoms with E-state index in [4.69, 9.17) is 0 Å². The van der Waals surface area contributed by atoms with E-state index in [9.17, 15) is 5.11 Å². The summed E-state index contributed by atoms with van der Waals surface area (Å²) in [6.07, 6.45) is -0.400. The van der Waals surface area contributed by atoms with Crippen LogP contribution in [0, 0.1) is 0 Å². The van der Waals surface area contributed by atoms with Crippen LogP contribution in [-0.4, -0.2) is 5.11 Å². The van der Waals surface area contributed by atoms with Crippen molar-refractivity contribution >= 4 is 23.5 Å². The predicted molar refractivity (Wildman–Crippen MR) is 71.8 cm³/mol. The number of rotatable bonds is 1. The number of fused-ring (bicyclic) bond motifs is 2. The second-order valence-electron chi connectivity index (χ2n) is 4.03. The van der Waals surface area contributed by atoms with E-state index >= 15 is 0 Å². The summed E-state index contributed by atoms with van der Waals surface area (Å²) in [4.78, 5) is 5.13. The number of aliphatic hydroxyl groups excluding tert-OH is 1. The van der Waals surface area contributed by atoms with E-state index in [2.05, 4.69) is 36.4 Å². The summed E-state index contributed by atoms with van der Waals surface area (Å²) in [7, 11) is 0.